The van der Waals surface area contributed by atoms with Crippen LogP contribution in [-0.2, 0) is 11.3 Å². The standard InChI is InChI=1S/C19H16N4O4/c1-2-25-15-10-6-4-8-13(15)18-20-16(27-23-18)11-26-19(24)17-12-7-3-5-9-14(12)21-22-17/h3-10H,2,11H2,1H3,(H,21,22). The van der Waals surface area contributed by atoms with Gasteiger partial charge in [0, 0.05) is 5.39 Å². The van der Waals surface area contributed by atoms with E-state index in [1.165, 1.54) is 0 Å². The number of hydrogen-bond acceptors (Lipinski definition) is 7. The van der Waals surface area contributed by atoms with E-state index in [0.717, 1.165) is 5.52 Å². The van der Waals surface area contributed by atoms with Gasteiger partial charge >= 0.3 is 5.97 Å². The number of esters is 1. The quantitative estimate of drug-likeness (QED) is 0.523. The van der Waals surface area contributed by atoms with E-state index in [1.807, 2.05) is 49.4 Å². The molecule has 4 aromatic rings. The number of nitrogens with zero attached hydrogens (tertiary/aromatic N) is 3. The maximum atomic E-state index is 12.3. The fraction of sp³-hybridized carbons (Fsp3) is 0.158. The first kappa shape index (κ1) is 16.8. The molecule has 0 spiro atoms. The molecule has 27 heavy (non-hydrogen) atoms. The van der Waals surface area contributed by atoms with E-state index in [-0.39, 0.29) is 18.2 Å². The highest BCUT2D eigenvalue weighted by atomic mass is 16.6. The zero-order valence-electron chi connectivity index (χ0n) is 14.5. The molecule has 0 unspecified atom stereocenters. The maximum Gasteiger partial charge on any atom is 0.359 e. The summed E-state index contributed by atoms with van der Waals surface area (Å²) < 4.78 is 16.0. The molecule has 0 amide bonds. The van der Waals surface area contributed by atoms with Gasteiger partial charge in [-0.2, -0.15) is 10.1 Å². The minimum Gasteiger partial charge on any atom is -0.493 e. The minimum absolute atomic E-state index is 0.149. The second kappa shape index (κ2) is 7.28. The zero-order chi connectivity index (χ0) is 18.6. The van der Waals surface area contributed by atoms with Gasteiger partial charge in [-0.15, -0.1) is 0 Å². The van der Waals surface area contributed by atoms with E-state index >= 15 is 0 Å². The summed E-state index contributed by atoms with van der Waals surface area (Å²) >= 11 is 0. The highest BCUT2D eigenvalue weighted by Crippen LogP contribution is 2.27. The molecule has 0 radical (unpaired) electrons. The molecule has 8 nitrogen and oxygen atoms in total. The van der Waals surface area contributed by atoms with Gasteiger partial charge in [-0.1, -0.05) is 35.5 Å². The molecule has 0 saturated heterocycles. The summed E-state index contributed by atoms with van der Waals surface area (Å²) in [5, 5.41) is 11.4. The second-order valence-corrected chi connectivity index (χ2v) is 5.63. The van der Waals surface area contributed by atoms with Gasteiger partial charge in [0.15, 0.2) is 12.3 Å². The van der Waals surface area contributed by atoms with E-state index in [1.54, 1.807) is 6.07 Å². The normalized spacial score (nSPS) is 10.9. The second-order valence-electron chi connectivity index (χ2n) is 5.63. The number of aromatic nitrogens is 4. The number of nitrogens with one attached hydrogen (secondary N) is 1. The third kappa shape index (κ3) is 3.37. The first-order chi connectivity index (χ1) is 13.3. The molecular weight excluding hydrogens is 348 g/mol. The SMILES string of the molecule is CCOc1ccccc1-c1noc(COC(=O)c2n[nH]c3ccccc23)n1. The summed E-state index contributed by atoms with van der Waals surface area (Å²) in [6.07, 6.45) is 0. The fourth-order valence-corrected chi connectivity index (χ4v) is 2.67. The third-order valence-corrected chi connectivity index (χ3v) is 3.89. The predicted molar refractivity (Wildman–Crippen MR) is 96.1 cm³/mol. The number of benzene rings is 2. The van der Waals surface area contributed by atoms with Gasteiger partial charge < -0.3 is 14.0 Å². The molecule has 2 aromatic carbocycles. The van der Waals surface area contributed by atoms with Gasteiger partial charge in [-0.3, -0.25) is 5.10 Å². The molecule has 0 aliphatic carbocycles. The van der Waals surface area contributed by atoms with E-state index < -0.39 is 5.97 Å². The number of carbonyl (C=O) groups is 1. The largest absolute Gasteiger partial charge is 0.493 e. The van der Waals surface area contributed by atoms with Gasteiger partial charge in [-0.25, -0.2) is 4.79 Å². The number of carbonyl (C=O) groups excluding carboxylic acids is 1. The van der Waals surface area contributed by atoms with E-state index in [2.05, 4.69) is 20.3 Å². The number of aromatic amines is 1. The van der Waals surface area contributed by atoms with Crippen LogP contribution < -0.4 is 4.74 Å². The van der Waals surface area contributed by atoms with Crippen LogP contribution in [0.15, 0.2) is 53.1 Å². The molecule has 0 aliphatic rings. The van der Waals surface area contributed by atoms with Gasteiger partial charge in [0.25, 0.3) is 5.89 Å². The lowest BCUT2D eigenvalue weighted by atomic mass is 10.2. The van der Waals surface area contributed by atoms with Crippen LogP contribution in [0.5, 0.6) is 5.75 Å². The number of fused-ring (bicyclic) bond motifs is 1. The highest BCUT2D eigenvalue weighted by Gasteiger charge is 2.18. The Morgan fingerprint density at radius 3 is 2.85 bits per heavy atom. The zero-order valence-corrected chi connectivity index (χ0v) is 14.5. The molecule has 2 aromatic heterocycles. The highest BCUT2D eigenvalue weighted by molar-refractivity contribution is 6.01. The van der Waals surface area contributed by atoms with Crippen molar-refractivity contribution in [2.24, 2.45) is 0 Å². The monoisotopic (exact) mass is 364 g/mol. The van der Waals surface area contributed by atoms with Crippen molar-refractivity contribution in [2.45, 2.75) is 13.5 Å². The van der Waals surface area contributed by atoms with Crippen molar-refractivity contribution in [3.05, 3.63) is 60.1 Å². The van der Waals surface area contributed by atoms with E-state index in [9.17, 15) is 4.79 Å². The number of ether oxygens (including phenoxy) is 2. The van der Waals surface area contributed by atoms with Crippen molar-refractivity contribution in [1.82, 2.24) is 20.3 Å². The van der Waals surface area contributed by atoms with Crippen LogP contribution in [0.4, 0.5) is 0 Å². The van der Waals surface area contributed by atoms with E-state index in [4.69, 9.17) is 14.0 Å². The summed E-state index contributed by atoms with van der Waals surface area (Å²) in [5.74, 6) is 0.647. The number of H-pyrrole nitrogens is 1. The summed E-state index contributed by atoms with van der Waals surface area (Å²) in [5.41, 5.74) is 1.68. The maximum absolute atomic E-state index is 12.3. The Kier molecular flexibility index (Phi) is 4.52. The number of rotatable bonds is 6. The molecule has 0 saturated carbocycles. The first-order valence-corrected chi connectivity index (χ1v) is 8.41. The summed E-state index contributed by atoms with van der Waals surface area (Å²) in [6.45, 7) is 2.28. The third-order valence-electron chi connectivity index (χ3n) is 3.89. The van der Waals surface area contributed by atoms with Crippen molar-refractivity contribution in [3.63, 3.8) is 0 Å². The van der Waals surface area contributed by atoms with Crippen LogP contribution in [0.3, 0.4) is 0 Å². The van der Waals surface area contributed by atoms with Crippen LogP contribution in [0.1, 0.15) is 23.3 Å². The molecule has 2 heterocycles. The van der Waals surface area contributed by atoms with Crippen LogP contribution in [0.2, 0.25) is 0 Å². The van der Waals surface area contributed by atoms with Gasteiger partial charge in [-0.05, 0) is 25.1 Å². The fourth-order valence-electron chi connectivity index (χ4n) is 2.67. The molecule has 0 atom stereocenters. The average molecular weight is 364 g/mol. The molecule has 0 aliphatic heterocycles. The van der Waals surface area contributed by atoms with Crippen molar-refractivity contribution < 1.29 is 18.8 Å². The van der Waals surface area contributed by atoms with Gasteiger partial charge in [0.2, 0.25) is 5.82 Å². The molecule has 0 bridgehead atoms. The molecule has 0 fully saturated rings. The summed E-state index contributed by atoms with van der Waals surface area (Å²) in [4.78, 5) is 16.6. The van der Waals surface area contributed by atoms with Gasteiger partial charge in [0.1, 0.15) is 5.75 Å². The van der Waals surface area contributed by atoms with Crippen LogP contribution in [-0.4, -0.2) is 32.9 Å². The van der Waals surface area contributed by atoms with Crippen molar-refractivity contribution in [1.29, 1.82) is 0 Å². The van der Waals surface area contributed by atoms with Crippen LogP contribution in [0.25, 0.3) is 22.3 Å². The Labute approximate surface area is 154 Å². The number of para-hydroxylation sites is 2. The Balaban J connectivity index is 1.48. The Hall–Kier alpha value is -3.68. The topological polar surface area (TPSA) is 103 Å². The average Bonchev–Trinajstić information content (AvgIpc) is 3.34. The van der Waals surface area contributed by atoms with Crippen LogP contribution in [0, 0.1) is 0 Å². The number of hydrogen-bond donors (Lipinski definition) is 1. The first-order valence-electron chi connectivity index (χ1n) is 8.41. The predicted octanol–water partition coefficient (Wildman–Crippen LogP) is 3.37. The lowest BCUT2D eigenvalue weighted by molar-refractivity contribution is 0.0425. The van der Waals surface area contributed by atoms with Crippen molar-refractivity contribution in [2.75, 3.05) is 6.61 Å². The molecule has 8 heteroatoms. The van der Waals surface area contributed by atoms with Crippen molar-refractivity contribution >= 4 is 16.9 Å². The van der Waals surface area contributed by atoms with Crippen LogP contribution >= 0.6 is 0 Å². The van der Waals surface area contributed by atoms with E-state index in [0.29, 0.717) is 29.1 Å². The summed E-state index contributed by atoms with van der Waals surface area (Å²) in [7, 11) is 0. The lowest BCUT2D eigenvalue weighted by Crippen LogP contribution is -2.06. The minimum atomic E-state index is -0.568. The summed E-state index contributed by atoms with van der Waals surface area (Å²) in [6, 6.07) is 14.7. The Morgan fingerprint density at radius 2 is 1.96 bits per heavy atom. The van der Waals surface area contributed by atoms with Gasteiger partial charge in [0.05, 0.1) is 17.7 Å². The Bertz CT molecular complexity index is 1090. The Morgan fingerprint density at radius 1 is 1.15 bits per heavy atom. The molecule has 136 valence electrons. The molecule has 4 rings (SSSR count). The molecular formula is C19H16N4O4. The van der Waals surface area contributed by atoms with Crippen molar-refractivity contribution in [3.8, 4) is 17.1 Å². The molecule has 1 N–H and O–H groups in total. The smallest absolute Gasteiger partial charge is 0.359 e. The lowest BCUT2D eigenvalue weighted by Gasteiger charge is -2.06.